The van der Waals surface area contributed by atoms with Gasteiger partial charge in [0.05, 0.1) is 11.5 Å². The molecule has 0 atom stereocenters. The molecule has 0 saturated carbocycles. The Morgan fingerprint density at radius 2 is 1.94 bits per heavy atom. The van der Waals surface area contributed by atoms with Crippen molar-refractivity contribution in [3.63, 3.8) is 0 Å². The summed E-state index contributed by atoms with van der Waals surface area (Å²) in [5.41, 5.74) is 0.433. The maximum atomic E-state index is 11.0. The molecule has 0 saturated heterocycles. The third kappa shape index (κ3) is 3.71. The van der Waals surface area contributed by atoms with Crippen molar-refractivity contribution in [2.75, 3.05) is 11.9 Å². The summed E-state index contributed by atoms with van der Waals surface area (Å²) in [4.78, 5) is 11.0. The van der Waals surface area contributed by atoms with E-state index >= 15 is 0 Å². The first-order chi connectivity index (χ1) is 7.43. The Balaban J connectivity index is 2.76. The second-order valence-corrected chi connectivity index (χ2v) is 5.37. The highest BCUT2D eigenvalue weighted by atomic mass is 35.7. The molecule has 7 heteroatoms. The van der Waals surface area contributed by atoms with Crippen molar-refractivity contribution >= 4 is 31.5 Å². The van der Waals surface area contributed by atoms with Crippen LogP contribution in [0.4, 0.5) is 10.5 Å². The lowest BCUT2D eigenvalue weighted by atomic mass is 10.3. The fourth-order valence-corrected chi connectivity index (χ4v) is 1.76. The Morgan fingerprint density at radius 1 is 1.38 bits per heavy atom. The van der Waals surface area contributed by atoms with E-state index in [1.807, 2.05) is 0 Å². The van der Waals surface area contributed by atoms with Crippen molar-refractivity contribution in [1.82, 2.24) is 0 Å². The Kier molecular flexibility index (Phi) is 4.14. The molecule has 1 rings (SSSR count). The number of carbonyl (C=O) groups is 1. The monoisotopic (exact) mass is 263 g/mol. The molecule has 16 heavy (non-hydrogen) atoms. The maximum absolute atomic E-state index is 11.0. The van der Waals surface area contributed by atoms with Gasteiger partial charge in [0.25, 0.3) is 9.05 Å². The third-order valence-corrected chi connectivity index (χ3v) is 3.03. The van der Waals surface area contributed by atoms with Crippen molar-refractivity contribution in [3.8, 4) is 0 Å². The number of rotatable bonds is 3. The molecule has 0 aromatic heterocycles. The van der Waals surface area contributed by atoms with E-state index in [-0.39, 0.29) is 11.5 Å². The number of benzene rings is 1. The summed E-state index contributed by atoms with van der Waals surface area (Å²) < 4.78 is 26.5. The van der Waals surface area contributed by atoms with E-state index in [4.69, 9.17) is 10.7 Å². The summed E-state index contributed by atoms with van der Waals surface area (Å²) in [5, 5.41) is 2.42. The van der Waals surface area contributed by atoms with Crippen LogP contribution in [0.1, 0.15) is 6.92 Å². The van der Waals surface area contributed by atoms with Crippen molar-refractivity contribution in [3.05, 3.63) is 24.3 Å². The fraction of sp³-hybridized carbons (Fsp3) is 0.222. The molecular formula is C9H10ClNO4S. The van der Waals surface area contributed by atoms with E-state index in [2.05, 4.69) is 10.1 Å². The standard InChI is InChI=1S/C9H10ClNO4S/c1-2-15-9(12)11-7-3-5-8(6-4-7)16(10,13)14/h3-6H,2H2,1H3,(H,11,12). The van der Waals surface area contributed by atoms with Crippen LogP contribution in [0.5, 0.6) is 0 Å². The van der Waals surface area contributed by atoms with E-state index in [0.717, 1.165) is 0 Å². The number of carbonyl (C=O) groups excluding carboxylic acids is 1. The molecule has 0 unspecified atom stereocenters. The number of nitrogens with one attached hydrogen (secondary N) is 1. The number of anilines is 1. The smallest absolute Gasteiger partial charge is 0.411 e. The predicted octanol–water partition coefficient (Wildman–Crippen LogP) is 2.18. The first-order valence-electron chi connectivity index (χ1n) is 4.42. The van der Waals surface area contributed by atoms with Gasteiger partial charge in [-0.25, -0.2) is 13.2 Å². The van der Waals surface area contributed by atoms with Crippen LogP contribution in [0, 0.1) is 0 Å². The molecular weight excluding hydrogens is 254 g/mol. The second kappa shape index (κ2) is 5.18. The number of halogens is 1. The molecule has 0 radical (unpaired) electrons. The van der Waals surface area contributed by atoms with E-state index < -0.39 is 15.1 Å². The largest absolute Gasteiger partial charge is 0.450 e. The van der Waals surface area contributed by atoms with Gasteiger partial charge in [-0.05, 0) is 31.2 Å². The normalized spacial score (nSPS) is 10.9. The Morgan fingerprint density at radius 3 is 2.38 bits per heavy atom. The van der Waals surface area contributed by atoms with Crippen LogP contribution in [0.3, 0.4) is 0 Å². The molecule has 0 aliphatic heterocycles. The summed E-state index contributed by atoms with van der Waals surface area (Å²) in [5.74, 6) is 0. The molecule has 0 spiro atoms. The highest BCUT2D eigenvalue weighted by Crippen LogP contribution is 2.17. The molecule has 0 heterocycles. The van der Waals surface area contributed by atoms with E-state index in [1.165, 1.54) is 24.3 Å². The minimum Gasteiger partial charge on any atom is -0.450 e. The molecule has 1 aromatic carbocycles. The van der Waals surface area contributed by atoms with Gasteiger partial charge in [0.15, 0.2) is 0 Å². The number of ether oxygens (including phenoxy) is 1. The molecule has 1 N–H and O–H groups in total. The predicted molar refractivity (Wildman–Crippen MR) is 60.1 cm³/mol. The Hall–Kier alpha value is -1.27. The summed E-state index contributed by atoms with van der Waals surface area (Å²) in [6.45, 7) is 1.95. The van der Waals surface area contributed by atoms with E-state index in [9.17, 15) is 13.2 Å². The van der Waals surface area contributed by atoms with Crippen LogP contribution in [-0.4, -0.2) is 21.1 Å². The Bertz CT molecular complexity index is 469. The van der Waals surface area contributed by atoms with Gasteiger partial charge in [0.1, 0.15) is 0 Å². The molecule has 1 amide bonds. The minimum atomic E-state index is -3.73. The lowest BCUT2D eigenvalue weighted by Crippen LogP contribution is -2.13. The molecule has 88 valence electrons. The van der Waals surface area contributed by atoms with E-state index in [1.54, 1.807) is 6.92 Å². The minimum absolute atomic E-state index is 0.0245. The number of hydrogen-bond acceptors (Lipinski definition) is 4. The first kappa shape index (κ1) is 12.8. The van der Waals surface area contributed by atoms with Crippen LogP contribution >= 0.6 is 10.7 Å². The first-order valence-corrected chi connectivity index (χ1v) is 6.73. The van der Waals surface area contributed by atoms with Gasteiger partial charge < -0.3 is 4.74 Å². The highest BCUT2D eigenvalue weighted by molar-refractivity contribution is 8.13. The molecule has 0 fully saturated rings. The number of amides is 1. The van der Waals surface area contributed by atoms with Gasteiger partial charge in [0, 0.05) is 16.4 Å². The van der Waals surface area contributed by atoms with Crippen molar-refractivity contribution in [2.24, 2.45) is 0 Å². The zero-order chi connectivity index (χ0) is 12.2. The van der Waals surface area contributed by atoms with Gasteiger partial charge in [-0.2, -0.15) is 0 Å². The highest BCUT2D eigenvalue weighted by Gasteiger charge is 2.09. The van der Waals surface area contributed by atoms with Crippen molar-refractivity contribution in [2.45, 2.75) is 11.8 Å². The number of hydrogen-bond donors (Lipinski definition) is 1. The lowest BCUT2D eigenvalue weighted by molar-refractivity contribution is 0.168. The van der Waals surface area contributed by atoms with Gasteiger partial charge in [-0.3, -0.25) is 5.32 Å². The summed E-state index contributed by atoms with van der Waals surface area (Å²) in [7, 11) is 1.40. The second-order valence-electron chi connectivity index (χ2n) is 2.81. The molecule has 1 aromatic rings. The summed E-state index contributed by atoms with van der Waals surface area (Å²) >= 11 is 0. The van der Waals surface area contributed by atoms with Gasteiger partial charge in [-0.15, -0.1) is 0 Å². The fourth-order valence-electron chi connectivity index (χ4n) is 0.986. The summed E-state index contributed by atoms with van der Waals surface area (Å²) in [6, 6.07) is 5.44. The third-order valence-electron chi connectivity index (χ3n) is 1.66. The van der Waals surface area contributed by atoms with Crippen molar-refractivity contribution < 1.29 is 17.9 Å². The SMILES string of the molecule is CCOC(=O)Nc1ccc(S(=O)(=O)Cl)cc1. The van der Waals surface area contributed by atoms with Crippen LogP contribution in [-0.2, 0) is 13.8 Å². The average molecular weight is 264 g/mol. The van der Waals surface area contributed by atoms with Gasteiger partial charge in [0.2, 0.25) is 0 Å². The van der Waals surface area contributed by atoms with Crippen LogP contribution < -0.4 is 5.32 Å². The lowest BCUT2D eigenvalue weighted by Gasteiger charge is -2.05. The quantitative estimate of drug-likeness (QED) is 0.849. The van der Waals surface area contributed by atoms with Crippen LogP contribution in [0.2, 0.25) is 0 Å². The molecule has 0 aliphatic rings. The average Bonchev–Trinajstić information content (AvgIpc) is 2.17. The zero-order valence-corrected chi connectivity index (χ0v) is 10.0. The molecule has 0 aliphatic carbocycles. The zero-order valence-electron chi connectivity index (χ0n) is 8.44. The van der Waals surface area contributed by atoms with Gasteiger partial charge in [-0.1, -0.05) is 0 Å². The molecule has 0 bridgehead atoms. The van der Waals surface area contributed by atoms with Gasteiger partial charge >= 0.3 is 6.09 Å². The van der Waals surface area contributed by atoms with E-state index in [0.29, 0.717) is 5.69 Å². The van der Waals surface area contributed by atoms with Crippen LogP contribution in [0.15, 0.2) is 29.2 Å². The molecule has 5 nitrogen and oxygen atoms in total. The Labute approximate surface area is 97.8 Å². The maximum Gasteiger partial charge on any atom is 0.411 e. The van der Waals surface area contributed by atoms with Crippen LogP contribution in [0.25, 0.3) is 0 Å². The van der Waals surface area contributed by atoms with Crippen molar-refractivity contribution in [1.29, 1.82) is 0 Å². The topological polar surface area (TPSA) is 72.5 Å². The summed E-state index contributed by atoms with van der Waals surface area (Å²) in [6.07, 6.45) is -0.594.